The summed E-state index contributed by atoms with van der Waals surface area (Å²) in [7, 11) is 0. The van der Waals surface area contributed by atoms with E-state index >= 15 is 0 Å². The molecule has 0 bridgehead atoms. The minimum Gasteiger partial charge on any atom is -0.356 e. The summed E-state index contributed by atoms with van der Waals surface area (Å²) in [5.74, 6) is 1.90. The van der Waals surface area contributed by atoms with Crippen LogP contribution < -0.4 is 9.80 Å². The Hall–Kier alpha value is -2.15. The van der Waals surface area contributed by atoms with Gasteiger partial charge in [-0.3, -0.25) is 4.79 Å². The van der Waals surface area contributed by atoms with Gasteiger partial charge in [-0.2, -0.15) is 4.98 Å². The van der Waals surface area contributed by atoms with Crippen molar-refractivity contribution in [3.8, 4) is 0 Å². The van der Waals surface area contributed by atoms with E-state index in [1.165, 1.54) is 19.3 Å². The van der Waals surface area contributed by atoms with Crippen LogP contribution in [0.1, 0.15) is 35.3 Å². The zero-order valence-corrected chi connectivity index (χ0v) is 17.9. The molecular formula is C21H26BrN5O. The van der Waals surface area contributed by atoms with Crippen molar-refractivity contribution in [3.05, 3.63) is 46.1 Å². The summed E-state index contributed by atoms with van der Waals surface area (Å²) in [5, 5.41) is 0. The zero-order valence-electron chi connectivity index (χ0n) is 16.3. The summed E-state index contributed by atoms with van der Waals surface area (Å²) in [5.41, 5.74) is 1.72. The number of amides is 1. The molecule has 0 atom stereocenters. The number of piperidine rings is 1. The summed E-state index contributed by atoms with van der Waals surface area (Å²) in [4.78, 5) is 28.8. The SMILES string of the molecule is Cc1cc(N2CCCCC2)nc(N2CCN(C(=O)c3ccccc3Br)CC2)n1. The summed E-state index contributed by atoms with van der Waals surface area (Å²) in [6.45, 7) is 7.03. The maximum absolute atomic E-state index is 12.8. The lowest BCUT2D eigenvalue weighted by atomic mass is 10.1. The van der Waals surface area contributed by atoms with E-state index in [2.05, 4.69) is 36.8 Å². The Morgan fingerprint density at radius 3 is 2.36 bits per heavy atom. The van der Waals surface area contributed by atoms with Gasteiger partial charge in [0, 0.05) is 55.5 Å². The van der Waals surface area contributed by atoms with Gasteiger partial charge in [-0.15, -0.1) is 0 Å². The third kappa shape index (κ3) is 4.14. The Morgan fingerprint density at radius 2 is 1.64 bits per heavy atom. The van der Waals surface area contributed by atoms with Crippen LogP contribution >= 0.6 is 15.9 Å². The number of benzene rings is 1. The van der Waals surface area contributed by atoms with Gasteiger partial charge in [0.25, 0.3) is 5.91 Å². The molecule has 4 rings (SSSR count). The lowest BCUT2D eigenvalue weighted by molar-refractivity contribution is 0.0745. The highest BCUT2D eigenvalue weighted by molar-refractivity contribution is 9.10. The van der Waals surface area contributed by atoms with E-state index in [0.29, 0.717) is 13.1 Å². The van der Waals surface area contributed by atoms with Crippen molar-refractivity contribution in [2.75, 3.05) is 49.1 Å². The van der Waals surface area contributed by atoms with Crippen LogP contribution in [0.2, 0.25) is 0 Å². The number of aryl methyl sites for hydroxylation is 1. The number of hydrogen-bond donors (Lipinski definition) is 0. The maximum Gasteiger partial charge on any atom is 0.255 e. The molecule has 0 spiro atoms. The largest absolute Gasteiger partial charge is 0.356 e. The molecule has 7 heteroatoms. The molecule has 0 unspecified atom stereocenters. The van der Waals surface area contributed by atoms with Gasteiger partial charge in [-0.1, -0.05) is 12.1 Å². The van der Waals surface area contributed by atoms with Crippen LogP contribution in [0, 0.1) is 6.92 Å². The molecular weight excluding hydrogens is 418 g/mol. The normalized spacial score (nSPS) is 17.7. The summed E-state index contributed by atoms with van der Waals surface area (Å²) in [6, 6.07) is 9.69. The van der Waals surface area contributed by atoms with Gasteiger partial charge in [0.05, 0.1) is 5.56 Å². The monoisotopic (exact) mass is 443 g/mol. The van der Waals surface area contributed by atoms with Gasteiger partial charge < -0.3 is 14.7 Å². The number of carbonyl (C=O) groups excluding carboxylic acids is 1. The molecule has 0 radical (unpaired) electrons. The molecule has 0 N–H and O–H groups in total. The Morgan fingerprint density at radius 1 is 0.929 bits per heavy atom. The number of carbonyl (C=O) groups is 1. The van der Waals surface area contributed by atoms with Gasteiger partial charge in [-0.05, 0) is 54.2 Å². The van der Waals surface area contributed by atoms with E-state index in [0.717, 1.165) is 53.7 Å². The van der Waals surface area contributed by atoms with Crippen molar-refractivity contribution in [2.45, 2.75) is 26.2 Å². The smallest absolute Gasteiger partial charge is 0.255 e. The third-order valence-electron chi connectivity index (χ3n) is 5.46. The highest BCUT2D eigenvalue weighted by Gasteiger charge is 2.25. The Balaban J connectivity index is 1.44. The summed E-state index contributed by atoms with van der Waals surface area (Å²) < 4.78 is 0.843. The quantitative estimate of drug-likeness (QED) is 0.726. The van der Waals surface area contributed by atoms with E-state index in [9.17, 15) is 4.79 Å². The van der Waals surface area contributed by atoms with Crippen LogP contribution in [0.25, 0.3) is 0 Å². The second kappa shape index (κ2) is 8.47. The van der Waals surface area contributed by atoms with Crippen molar-refractivity contribution in [1.82, 2.24) is 14.9 Å². The molecule has 2 saturated heterocycles. The molecule has 1 aromatic carbocycles. The van der Waals surface area contributed by atoms with Gasteiger partial charge in [-0.25, -0.2) is 4.98 Å². The number of piperazine rings is 1. The van der Waals surface area contributed by atoms with Crippen LogP contribution in [0.3, 0.4) is 0 Å². The molecule has 6 nitrogen and oxygen atoms in total. The fourth-order valence-corrected chi connectivity index (χ4v) is 4.33. The van der Waals surface area contributed by atoms with Crippen molar-refractivity contribution in [1.29, 1.82) is 0 Å². The van der Waals surface area contributed by atoms with Crippen molar-refractivity contribution in [2.24, 2.45) is 0 Å². The first kappa shape index (κ1) is 19.2. The molecule has 2 aromatic rings. The zero-order chi connectivity index (χ0) is 19.5. The molecule has 2 aliphatic heterocycles. The number of hydrogen-bond acceptors (Lipinski definition) is 5. The molecule has 2 aliphatic rings. The number of aromatic nitrogens is 2. The van der Waals surface area contributed by atoms with Crippen LogP contribution in [-0.4, -0.2) is 60.0 Å². The van der Waals surface area contributed by atoms with Crippen molar-refractivity contribution < 1.29 is 4.79 Å². The third-order valence-corrected chi connectivity index (χ3v) is 6.15. The van der Waals surface area contributed by atoms with Gasteiger partial charge >= 0.3 is 0 Å². The fourth-order valence-electron chi connectivity index (χ4n) is 3.88. The first-order valence-corrected chi connectivity index (χ1v) is 10.8. The van der Waals surface area contributed by atoms with Crippen molar-refractivity contribution >= 4 is 33.6 Å². The fraction of sp³-hybridized carbons (Fsp3) is 0.476. The highest BCUT2D eigenvalue weighted by Crippen LogP contribution is 2.23. The second-order valence-corrected chi connectivity index (χ2v) is 8.33. The van der Waals surface area contributed by atoms with Gasteiger partial charge in [0.1, 0.15) is 5.82 Å². The van der Waals surface area contributed by atoms with E-state index in [1.807, 2.05) is 36.1 Å². The van der Waals surface area contributed by atoms with E-state index in [4.69, 9.17) is 4.98 Å². The molecule has 2 fully saturated rings. The summed E-state index contributed by atoms with van der Waals surface area (Å²) in [6.07, 6.45) is 3.77. The topological polar surface area (TPSA) is 52.6 Å². The highest BCUT2D eigenvalue weighted by atomic mass is 79.9. The lowest BCUT2D eigenvalue weighted by Crippen LogP contribution is -2.49. The molecule has 3 heterocycles. The molecule has 0 saturated carbocycles. The van der Waals surface area contributed by atoms with Crippen LogP contribution in [0.5, 0.6) is 0 Å². The molecule has 0 aliphatic carbocycles. The van der Waals surface area contributed by atoms with Crippen molar-refractivity contribution in [3.63, 3.8) is 0 Å². The predicted octanol–water partition coefficient (Wildman–Crippen LogP) is 3.50. The van der Waals surface area contributed by atoms with Crippen LogP contribution in [0.15, 0.2) is 34.8 Å². The molecule has 1 aromatic heterocycles. The van der Waals surface area contributed by atoms with Gasteiger partial charge in [0.15, 0.2) is 0 Å². The van der Waals surface area contributed by atoms with E-state index in [1.54, 1.807) is 0 Å². The Kier molecular flexibility index (Phi) is 5.80. The number of halogens is 1. The molecule has 148 valence electrons. The Labute approximate surface area is 174 Å². The molecule has 28 heavy (non-hydrogen) atoms. The van der Waals surface area contributed by atoms with Crippen LogP contribution in [-0.2, 0) is 0 Å². The minimum absolute atomic E-state index is 0.0753. The maximum atomic E-state index is 12.8. The first-order chi connectivity index (χ1) is 13.6. The first-order valence-electron chi connectivity index (χ1n) is 10.0. The van der Waals surface area contributed by atoms with Gasteiger partial charge in [0.2, 0.25) is 5.95 Å². The number of anilines is 2. The number of rotatable bonds is 3. The van der Waals surface area contributed by atoms with Crippen LogP contribution in [0.4, 0.5) is 11.8 Å². The predicted molar refractivity (Wildman–Crippen MR) is 115 cm³/mol. The van der Waals surface area contributed by atoms with E-state index < -0.39 is 0 Å². The van der Waals surface area contributed by atoms with E-state index in [-0.39, 0.29) is 5.91 Å². The summed E-state index contributed by atoms with van der Waals surface area (Å²) >= 11 is 3.48. The average Bonchev–Trinajstić information content (AvgIpc) is 2.74. The molecule has 1 amide bonds. The number of nitrogens with zero attached hydrogens (tertiary/aromatic N) is 5. The average molecular weight is 444 g/mol. The lowest BCUT2D eigenvalue weighted by Gasteiger charge is -2.35. The minimum atomic E-state index is 0.0753. The second-order valence-electron chi connectivity index (χ2n) is 7.47. The Bertz CT molecular complexity index is 844. The standard InChI is InChI=1S/C21H26BrN5O/c1-16-15-19(25-9-5-2-6-10-25)24-21(23-16)27-13-11-26(12-14-27)20(28)17-7-3-4-8-18(17)22/h3-4,7-8,15H,2,5-6,9-14H2,1H3.